The molecule has 0 bridgehead atoms. The van der Waals surface area contributed by atoms with Crippen LogP contribution < -0.4 is 0 Å². The average Bonchev–Trinajstić information content (AvgIpc) is 3.25. The quantitative estimate of drug-likeness (QED) is 0.774. The van der Waals surface area contributed by atoms with Crippen LogP contribution in [0.3, 0.4) is 0 Å². The smallest absolute Gasteiger partial charge is 0.294 e. The number of aromatic nitrogens is 4. The molecule has 8 nitrogen and oxygen atoms in total. The zero-order valence-corrected chi connectivity index (χ0v) is 11.7. The summed E-state index contributed by atoms with van der Waals surface area (Å²) in [5.41, 5.74) is 2.82. The molecule has 3 aromatic rings. The molecule has 0 fully saturated rings. The van der Waals surface area contributed by atoms with Crippen molar-refractivity contribution in [1.82, 2.24) is 19.9 Å². The Hall–Kier alpha value is -2.45. The third kappa shape index (κ3) is 2.22. The standard InChI is InChI=1S/C14H14N4O4/c19-3-2-18-6-9(5-15-18)13-16-14(22-17-13)12-11-1-4-20-7-10(11)8-21-12/h5-6,8,19H,1-4,7H2. The second-order valence-electron chi connectivity index (χ2n) is 5.01. The van der Waals surface area contributed by atoms with Gasteiger partial charge in [0.05, 0.1) is 44.4 Å². The Morgan fingerprint density at radius 2 is 2.32 bits per heavy atom. The minimum Gasteiger partial charge on any atom is -0.458 e. The van der Waals surface area contributed by atoms with Crippen molar-refractivity contribution in [2.75, 3.05) is 13.2 Å². The summed E-state index contributed by atoms with van der Waals surface area (Å²) in [6.07, 6.45) is 5.84. The average molecular weight is 302 g/mol. The molecule has 3 aromatic heterocycles. The van der Waals surface area contributed by atoms with Gasteiger partial charge >= 0.3 is 0 Å². The topological polar surface area (TPSA) is 99.3 Å². The molecular formula is C14H14N4O4. The van der Waals surface area contributed by atoms with E-state index in [4.69, 9.17) is 18.8 Å². The summed E-state index contributed by atoms with van der Waals surface area (Å²) in [7, 11) is 0. The van der Waals surface area contributed by atoms with Gasteiger partial charge < -0.3 is 18.8 Å². The maximum absolute atomic E-state index is 8.91. The summed E-state index contributed by atoms with van der Waals surface area (Å²) in [5, 5.41) is 17.0. The first kappa shape index (κ1) is 13.2. The molecule has 0 aliphatic carbocycles. The predicted octanol–water partition coefficient (Wildman–Crippen LogP) is 1.26. The monoisotopic (exact) mass is 302 g/mol. The lowest BCUT2D eigenvalue weighted by Gasteiger charge is -2.10. The Morgan fingerprint density at radius 3 is 3.23 bits per heavy atom. The summed E-state index contributed by atoms with van der Waals surface area (Å²) in [6.45, 7) is 1.66. The molecule has 0 unspecified atom stereocenters. The van der Waals surface area contributed by atoms with Crippen LogP contribution in [0.4, 0.5) is 0 Å². The van der Waals surface area contributed by atoms with Gasteiger partial charge in [-0.15, -0.1) is 0 Å². The maximum Gasteiger partial charge on any atom is 0.294 e. The van der Waals surface area contributed by atoms with E-state index in [9.17, 15) is 0 Å². The van der Waals surface area contributed by atoms with Crippen LogP contribution in [0.15, 0.2) is 27.6 Å². The number of nitrogens with zero attached hydrogens (tertiary/aromatic N) is 4. The summed E-state index contributed by atoms with van der Waals surface area (Å²) >= 11 is 0. The van der Waals surface area contributed by atoms with E-state index in [1.165, 1.54) is 0 Å². The molecule has 0 spiro atoms. The predicted molar refractivity (Wildman–Crippen MR) is 73.7 cm³/mol. The molecule has 0 saturated carbocycles. The number of fused-ring (bicyclic) bond motifs is 1. The molecule has 1 aliphatic rings. The van der Waals surface area contributed by atoms with Gasteiger partial charge in [0.15, 0.2) is 5.76 Å². The normalized spacial score (nSPS) is 14.2. The SMILES string of the molecule is OCCn1cc(-c2noc(-c3occ4c3CCOC4)n2)cn1. The van der Waals surface area contributed by atoms with Crippen molar-refractivity contribution in [2.45, 2.75) is 19.6 Å². The van der Waals surface area contributed by atoms with Gasteiger partial charge in [-0.2, -0.15) is 10.1 Å². The summed E-state index contributed by atoms with van der Waals surface area (Å²) < 4.78 is 17.9. The molecule has 8 heteroatoms. The van der Waals surface area contributed by atoms with Crippen molar-refractivity contribution in [1.29, 1.82) is 0 Å². The van der Waals surface area contributed by atoms with Gasteiger partial charge in [0.1, 0.15) is 0 Å². The molecular weight excluding hydrogens is 288 g/mol. The van der Waals surface area contributed by atoms with Gasteiger partial charge in [-0.3, -0.25) is 4.68 Å². The fourth-order valence-electron chi connectivity index (χ4n) is 2.49. The van der Waals surface area contributed by atoms with E-state index in [-0.39, 0.29) is 6.61 Å². The Balaban J connectivity index is 1.65. The van der Waals surface area contributed by atoms with Gasteiger partial charge in [0.25, 0.3) is 5.89 Å². The Labute approximate surface area is 125 Å². The molecule has 0 atom stereocenters. The molecule has 0 saturated heterocycles. The molecule has 0 amide bonds. The van der Waals surface area contributed by atoms with Crippen molar-refractivity contribution < 1.29 is 18.8 Å². The van der Waals surface area contributed by atoms with E-state index in [1.807, 2.05) is 0 Å². The first-order valence-corrected chi connectivity index (χ1v) is 7.00. The van der Waals surface area contributed by atoms with Crippen molar-refractivity contribution >= 4 is 0 Å². The van der Waals surface area contributed by atoms with Crippen molar-refractivity contribution in [2.24, 2.45) is 0 Å². The third-order valence-electron chi connectivity index (χ3n) is 3.58. The molecule has 114 valence electrons. The van der Waals surface area contributed by atoms with E-state index in [1.54, 1.807) is 23.3 Å². The molecule has 1 N–H and O–H groups in total. The highest BCUT2D eigenvalue weighted by Crippen LogP contribution is 2.31. The van der Waals surface area contributed by atoms with Crippen LogP contribution in [0.5, 0.6) is 0 Å². The number of rotatable bonds is 4. The fraction of sp³-hybridized carbons (Fsp3) is 0.357. The molecule has 0 radical (unpaired) electrons. The highest BCUT2D eigenvalue weighted by molar-refractivity contribution is 5.59. The Bertz CT molecular complexity index is 788. The van der Waals surface area contributed by atoms with Crippen LogP contribution in [-0.4, -0.2) is 38.2 Å². The summed E-state index contributed by atoms with van der Waals surface area (Å²) in [5.74, 6) is 1.41. The lowest BCUT2D eigenvalue weighted by molar-refractivity contribution is 0.111. The number of furan rings is 1. The van der Waals surface area contributed by atoms with Crippen molar-refractivity contribution in [3.05, 3.63) is 29.8 Å². The van der Waals surface area contributed by atoms with Gasteiger partial charge in [-0.25, -0.2) is 0 Å². The minimum atomic E-state index is 0.0270. The van der Waals surface area contributed by atoms with E-state index in [0.29, 0.717) is 37.2 Å². The second-order valence-corrected chi connectivity index (χ2v) is 5.01. The molecule has 1 aliphatic heterocycles. The van der Waals surface area contributed by atoms with Gasteiger partial charge in [0.2, 0.25) is 5.82 Å². The van der Waals surface area contributed by atoms with Crippen LogP contribution in [0.1, 0.15) is 11.1 Å². The molecule has 4 heterocycles. The molecule has 4 rings (SSSR count). The van der Waals surface area contributed by atoms with E-state index >= 15 is 0 Å². The van der Waals surface area contributed by atoms with Gasteiger partial charge in [-0.1, -0.05) is 5.16 Å². The fourth-order valence-corrected chi connectivity index (χ4v) is 2.49. The lowest BCUT2D eigenvalue weighted by Crippen LogP contribution is -2.07. The Kier molecular flexibility index (Phi) is 3.24. The van der Waals surface area contributed by atoms with Crippen LogP contribution in [0.25, 0.3) is 23.0 Å². The number of aliphatic hydroxyl groups excluding tert-OH is 1. The number of hydrogen-bond donors (Lipinski definition) is 1. The molecule has 0 aromatic carbocycles. The zero-order chi connectivity index (χ0) is 14.9. The van der Waals surface area contributed by atoms with Gasteiger partial charge in [-0.05, 0) is 0 Å². The lowest BCUT2D eigenvalue weighted by atomic mass is 10.1. The number of ether oxygens (including phenoxy) is 1. The number of aliphatic hydroxyl groups is 1. The Morgan fingerprint density at radius 1 is 1.36 bits per heavy atom. The summed E-state index contributed by atoms with van der Waals surface area (Å²) in [6, 6.07) is 0. The van der Waals surface area contributed by atoms with Crippen LogP contribution in [-0.2, 0) is 24.3 Å². The largest absolute Gasteiger partial charge is 0.458 e. The van der Waals surface area contributed by atoms with E-state index < -0.39 is 0 Å². The van der Waals surface area contributed by atoms with Crippen molar-refractivity contribution in [3.63, 3.8) is 0 Å². The zero-order valence-electron chi connectivity index (χ0n) is 11.7. The van der Waals surface area contributed by atoms with Crippen LogP contribution in [0, 0.1) is 0 Å². The van der Waals surface area contributed by atoms with Crippen LogP contribution >= 0.6 is 0 Å². The minimum absolute atomic E-state index is 0.0270. The second kappa shape index (κ2) is 5.39. The number of hydrogen-bond acceptors (Lipinski definition) is 7. The van der Waals surface area contributed by atoms with Gasteiger partial charge in [0, 0.05) is 23.7 Å². The first-order chi connectivity index (χ1) is 10.8. The molecule has 22 heavy (non-hydrogen) atoms. The first-order valence-electron chi connectivity index (χ1n) is 7.00. The van der Waals surface area contributed by atoms with E-state index in [2.05, 4.69) is 15.2 Å². The van der Waals surface area contributed by atoms with Crippen molar-refractivity contribution in [3.8, 4) is 23.0 Å². The highest BCUT2D eigenvalue weighted by atomic mass is 16.5. The van der Waals surface area contributed by atoms with Crippen LogP contribution in [0.2, 0.25) is 0 Å². The third-order valence-corrected chi connectivity index (χ3v) is 3.58. The highest BCUT2D eigenvalue weighted by Gasteiger charge is 2.23. The maximum atomic E-state index is 8.91. The summed E-state index contributed by atoms with van der Waals surface area (Å²) in [4.78, 5) is 4.38. The van der Waals surface area contributed by atoms with E-state index in [0.717, 1.165) is 23.1 Å².